The Balaban J connectivity index is 2.66. The van der Waals surface area contributed by atoms with E-state index in [2.05, 4.69) is 12.2 Å². The van der Waals surface area contributed by atoms with Gasteiger partial charge in [-0.15, -0.1) is 0 Å². The van der Waals surface area contributed by atoms with Gasteiger partial charge in [0.25, 0.3) is 0 Å². The Morgan fingerprint density at radius 1 is 1.28 bits per heavy atom. The summed E-state index contributed by atoms with van der Waals surface area (Å²) in [4.78, 5) is 28.5. The van der Waals surface area contributed by atoms with E-state index in [-0.39, 0.29) is 30.1 Å². The summed E-state index contributed by atoms with van der Waals surface area (Å²) in [6, 6.07) is 0.258. The molecule has 1 aliphatic rings. The maximum absolute atomic E-state index is 12.5. The van der Waals surface area contributed by atoms with Gasteiger partial charge in [-0.25, -0.2) is 9.59 Å². The molecular weight excluding hydrogens is 318 g/mol. The number of carbonyl (C=O) groups excluding carboxylic acids is 2. The Bertz CT molecular complexity index is 446. The van der Waals surface area contributed by atoms with Gasteiger partial charge in [0.05, 0.1) is 0 Å². The van der Waals surface area contributed by atoms with Crippen LogP contribution in [0.2, 0.25) is 0 Å². The molecule has 0 aliphatic carbocycles. The van der Waals surface area contributed by atoms with Crippen LogP contribution in [0.1, 0.15) is 67.7 Å². The van der Waals surface area contributed by atoms with Crippen LogP contribution in [0, 0.1) is 5.92 Å². The Morgan fingerprint density at radius 2 is 1.92 bits per heavy atom. The zero-order chi connectivity index (χ0) is 19.2. The smallest absolute Gasteiger partial charge is 0.410 e. The molecule has 1 rings (SSSR count). The molecule has 0 spiro atoms. The van der Waals surface area contributed by atoms with Gasteiger partial charge in [-0.3, -0.25) is 0 Å². The van der Waals surface area contributed by atoms with Crippen LogP contribution >= 0.6 is 0 Å². The first-order valence-corrected chi connectivity index (χ1v) is 9.58. The van der Waals surface area contributed by atoms with E-state index >= 15 is 0 Å². The highest BCUT2D eigenvalue weighted by atomic mass is 16.6. The number of carbonyl (C=O) groups is 2. The van der Waals surface area contributed by atoms with E-state index in [1.165, 1.54) is 0 Å². The molecule has 0 bridgehead atoms. The van der Waals surface area contributed by atoms with Gasteiger partial charge >= 0.3 is 12.1 Å². The SMILES string of the molecule is CC[C@H](C)NC(=O)N1CCC[C@H](CN(C(=O)OC(C)(C)C)C(C)C)C1. The minimum absolute atomic E-state index is 0.00687. The fourth-order valence-corrected chi connectivity index (χ4v) is 2.90. The quantitative estimate of drug-likeness (QED) is 0.815. The third-order valence-electron chi connectivity index (χ3n) is 4.49. The summed E-state index contributed by atoms with van der Waals surface area (Å²) in [5.41, 5.74) is -0.501. The molecule has 1 saturated heterocycles. The molecule has 1 aliphatic heterocycles. The maximum Gasteiger partial charge on any atom is 0.410 e. The summed E-state index contributed by atoms with van der Waals surface area (Å²) in [5.74, 6) is 0.284. The molecule has 2 atom stereocenters. The van der Waals surface area contributed by atoms with Crippen molar-refractivity contribution < 1.29 is 14.3 Å². The van der Waals surface area contributed by atoms with Gasteiger partial charge in [-0.05, 0) is 66.7 Å². The fourth-order valence-electron chi connectivity index (χ4n) is 2.90. The summed E-state index contributed by atoms with van der Waals surface area (Å²) < 4.78 is 5.54. The van der Waals surface area contributed by atoms with Crippen LogP contribution in [-0.2, 0) is 4.74 Å². The lowest BCUT2D eigenvalue weighted by Gasteiger charge is -2.37. The van der Waals surface area contributed by atoms with Gasteiger partial charge in [0.15, 0.2) is 0 Å². The fraction of sp³-hybridized carbons (Fsp3) is 0.895. The van der Waals surface area contributed by atoms with Crippen LogP contribution in [0.15, 0.2) is 0 Å². The second-order valence-corrected chi connectivity index (χ2v) is 8.44. The minimum Gasteiger partial charge on any atom is -0.444 e. The molecule has 1 fully saturated rings. The molecule has 0 saturated carbocycles. The molecule has 25 heavy (non-hydrogen) atoms. The Hall–Kier alpha value is -1.46. The van der Waals surface area contributed by atoms with Crippen molar-refractivity contribution in [3.8, 4) is 0 Å². The van der Waals surface area contributed by atoms with Gasteiger partial charge in [0.1, 0.15) is 5.60 Å². The van der Waals surface area contributed by atoms with Crippen molar-refractivity contribution in [2.45, 2.75) is 85.4 Å². The Labute approximate surface area is 153 Å². The predicted molar refractivity (Wildman–Crippen MR) is 101 cm³/mol. The summed E-state index contributed by atoms with van der Waals surface area (Å²) in [6.07, 6.45) is 2.64. The Morgan fingerprint density at radius 3 is 2.44 bits per heavy atom. The van der Waals surface area contributed by atoms with E-state index in [1.807, 2.05) is 46.4 Å². The molecule has 1 N–H and O–H groups in total. The molecule has 0 radical (unpaired) electrons. The second kappa shape index (κ2) is 9.30. The number of hydrogen-bond donors (Lipinski definition) is 1. The van der Waals surface area contributed by atoms with E-state index in [0.717, 1.165) is 25.8 Å². The van der Waals surface area contributed by atoms with E-state index in [4.69, 9.17) is 4.74 Å². The average molecular weight is 356 g/mol. The second-order valence-electron chi connectivity index (χ2n) is 8.44. The number of urea groups is 1. The molecule has 0 aromatic heterocycles. The molecule has 0 aromatic rings. The van der Waals surface area contributed by atoms with E-state index < -0.39 is 5.60 Å². The number of ether oxygens (including phenoxy) is 1. The minimum atomic E-state index is -0.501. The molecule has 0 aromatic carbocycles. The normalized spacial score (nSPS) is 19.5. The zero-order valence-electron chi connectivity index (χ0n) is 17.1. The van der Waals surface area contributed by atoms with E-state index in [9.17, 15) is 9.59 Å². The van der Waals surface area contributed by atoms with Crippen molar-refractivity contribution in [2.24, 2.45) is 5.92 Å². The zero-order valence-corrected chi connectivity index (χ0v) is 17.1. The number of amides is 3. The van der Waals surface area contributed by atoms with Crippen LogP contribution in [0.5, 0.6) is 0 Å². The summed E-state index contributed by atoms with van der Waals surface area (Å²) in [5, 5.41) is 3.03. The van der Waals surface area contributed by atoms with E-state index in [1.54, 1.807) is 4.90 Å². The van der Waals surface area contributed by atoms with Crippen molar-refractivity contribution in [1.29, 1.82) is 0 Å². The van der Waals surface area contributed by atoms with Crippen LogP contribution in [0.4, 0.5) is 9.59 Å². The third kappa shape index (κ3) is 7.53. The van der Waals surface area contributed by atoms with Crippen molar-refractivity contribution in [2.75, 3.05) is 19.6 Å². The molecular formula is C19H37N3O3. The van der Waals surface area contributed by atoms with Gasteiger partial charge < -0.3 is 19.9 Å². The average Bonchev–Trinajstić information content (AvgIpc) is 2.50. The molecule has 6 heteroatoms. The lowest BCUT2D eigenvalue weighted by atomic mass is 9.97. The van der Waals surface area contributed by atoms with Gasteiger partial charge in [0, 0.05) is 31.7 Å². The van der Waals surface area contributed by atoms with Gasteiger partial charge in [-0.2, -0.15) is 0 Å². The van der Waals surface area contributed by atoms with Crippen molar-refractivity contribution in [3.05, 3.63) is 0 Å². The van der Waals surface area contributed by atoms with Gasteiger partial charge in [0.2, 0.25) is 0 Å². The summed E-state index contributed by atoms with van der Waals surface area (Å²) in [7, 11) is 0. The highest BCUT2D eigenvalue weighted by Crippen LogP contribution is 2.21. The first-order valence-electron chi connectivity index (χ1n) is 9.58. The summed E-state index contributed by atoms with van der Waals surface area (Å²) in [6.45, 7) is 15.8. The third-order valence-corrected chi connectivity index (χ3v) is 4.49. The number of nitrogens with zero attached hydrogens (tertiary/aromatic N) is 2. The highest BCUT2D eigenvalue weighted by Gasteiger charge is 2.30. The summed E-state index contributed by atoms with van der Waals surface area (Å²) >= 11 is 0. The number of nitrogens with one attached hydrogen (secondary N) is 1. The number of hydrogen-bond acceptors (Lipinski definition) is 3. The van der Waals surface area contributed by atoms with Crippen LogP contribution in [0.3, 0.4) is 0 Å². The predicted octanol–water partition coefficient (Wildman–Crippen LogP) is 3.85. The maximum atomic E-state index is 12.5. The van der Waals surface area contributed by atoms with Crippen LogP contribution in [-0.4, -0.2) is 59.2 Å². The lowest BCUT2D eigenvalue weighted by Crippen LogP contribution is -2.51. The Kier molecular flexibility index (Phi) is 8.03. The van der Waals surface area contributed by atoms with Crippen molar-refractivity contribution >= 4 is 12.1 Å². The van der Waals surface area contributed by atoms with Crippen molar-refractivity contribution in [1.82, 2.24) is 15.1 Å². The monoisotopic (exact) mass is 355 g/mol. The van der Waals surface area contributed by atoms with E-state index in [0.29, 0.717) is 13.1 Å². The molecule has 1 heterocycles. The molecule has 3 amide bonds. The number of likely N-dealkylation sites (tertiary alicyclic amines) is 1. The number of piperidine rings is 1. The lowest BCUT2D eigenvalue weighted by molar-refractivity contribution is 0.0131. The molecule has 6 nitrogen and oxygen atoms in total. The largest absolute Gasteiger partial charge is 0.444 e. The number of rotatable bonds is 5. The molecule has 0 unspecified atom stereocenters. The molecule has 146 valence electrons. The first kappa shape index (κ1) is 21.6. The topological polar surface area (TPSA) is 61.9 Å². The van der Waals surface area contributed by atoms with Crippen LogP contribution in [0.25, 0.3) is 0 Å². The van der Waals surface area contributed by atoms with Gasteiger partial charge in [-0.1, -0.05) is 6.92 Å². The van der Waals surface area contributed by atoms with Crippen LogP contribution < -0.4 is 5.32 Å². The standard InChI is InChI=1S/C19H37N3O3/c1-8-15(4)20-17(23)21-11-9-10-16(12-21)13-22(14(2)3)18(24)25-19(5,6)7/h14-16H,8-13H2,1-7H3,(H,20,23)/t15-,16-/m0/s1. The first-order chi connectivity index (χ1) is 11.5. The highest BCUT2D eigenvalue weighted by molar-refractivity contribution is 5.74. The van der Waals surface area contributed by atoms with Crippen molar-refractivity contribution in [3.63, 3.8) is 0 Å².